The number of nitrogens with zero attached hydrogens (tertiary/aromatic N) is 2. The highest BCUT2D eigenvalue weighted by Gasteiger charge is 2.12. The molecule has 7 heteroatoms. The van der Waals surface area contributed by atoms with Gasteiger partial charge in [-0.05, 0) is 26.3 Å². The molecule has 2 rings (SSSR count). The van der Waals surface area contributed by atoms with E-state index in [1.165, 1.54) is 11.8 Å². The van der Waals surface area contributed by atoms with Crippen LogP contribution in [0, 0.1) is 6.92 Å². The van der Waals surface area contributed by atoms with E-state index < -0.39 is 6.03 Å². The zero-order valence-electron chi connectivity index (χ0n) is 13.4. The van der Waals surface area contributed by atoms with Crippen molar-refractivity contribution < 1.29 is 9.59 Å². The Morgan fingerprint density at radius 1 is 1.26 bits per heavy atom. The maximum Gasteiger partial charge on any atom is 0.321 e. The minimum Gasteiger partial charge on any atom is -0.335 e. The summed E-state index contributed by atoms with van der Waals surface area (Å²) in [7, 11) is 0. The molecular weight excluding hydrogens is 312 g/mol. The fourth-order valence-corrected chi connectivity index (χ4v) is 2.79. The Hall–Kier alpha value is -2.15. The second-order valence-electron chi connectivity index (χ2n) is 5.21. The molecule has 2 N–H and O–H groups in total. The zero-order valence-corrected chi connectivity index (χ0v) is 14.2. The second-order valence-corrected chi connectivity index (χ2v) is 6.18. The van der Waals surface area contributed by atoms with Gasteiger partial charge < -0.3 is 5.32 Å². The molecule has 1 aromatic carbocycles. The molecule has 1 heterocycles. The number of aryl methyl sites for hydroxylation is 1. The third kappa shape index (κ3) is 4.92. The number of thioether (sulfide) groups is 1. The number of nitrogens with one attached hydrogen (secondary N) is 2. The van der Waals surface area contributed by atoms with Gasteiger partial charge in [0.1, 0.15) is 10.9 Å². The van der Waals surface area contributed by atoms with Crippen molar-refractivity contribution >= 4 is 34.6 Å². The number of fused-ring (bicyclic) bond motifs is 1. The quantitative estimate of drug-likeness (QED) is 0.649. The van der Waals surface area contributed by atoms with E-state index in [-0.39, 0.29) is 17.7 Å². The Labute approximate surface area is 139 Å². The number of carbonyl (C=O) groups excluding carboxylic acids is 2. The number of hydrogen-bond acceptors (Lipinski definition) is 5. The van der Waals surface area contributed by atoms with E-state index in [1.54, 1.807) is 0 Å². The fourth-order valence-electron chi connectivity index (χ4n) is 1.93. The number of benzene rings is 1. The van der Waals surface area contributed by atoms with E-state index in [4.69, 9.17) is 0 Å². The van der Waals surface area contributed by atoms with Crippen LogP contribution in [0.1, 0.15) is 26.1 Å². The number of imide groups is 1. The summed E-state index contributed by atoms with van der Waals surface area (Å²) in [6.07, 6.45) is 0.808. The molecule has 0 spiro atoms. The van der Waals surface area contributed by atoms with Gasteiger partial charge in [0.15, 0.2) is 0 Å². The number of hydrogen-bond donors (Lipinski definition) is 2. The summed E-state index contributed by atoms with van der Waals surface area (Å²) in [6, 6.07) is 7.22. The van der Waals surface area contributed by atoms with E-state index in [9.17, 15) is 9.59 Å². The molecule has 122 valence electrons. The van der Waals surface area contributed by atoms with Gasteiger partial charge in [-0.2, -0.15) is 0 Å². The molecule has 0 unspecified atom stereocenters. The average Bonchev–Trinajstić information content (AvgIpc) is 2.52. The van der Waals surface area contributed by atoms with Crippen molar-refractivity contribution in [3.63, 3.8) is 0 Å². The first-order valence-corrected chi connectivity index (χ1v) is 8.44. The number of carbonyl (C=O) groups is 2. The van der Waals surface area contributed by atoms with E-state index >= 15 is 0 Å². The molecule has 0 aliphatic carbocycles. The third-order valence-electron chi connectivity index (χ3n) is 3.26. The Morgan fingerprint density at radius 2 is 2.00 bits per heavy atom. The van der Waals surface area contributed by atoms with Crippen molar-refractivity contribution in [2.75, 3.05) is 5.75 Å². The van der Waals surface area contributed by atoms with E-state index in [0.29, 0.717) is 5.82 Å². The molecule has 0 saturated carbocycles. The van der Waals surface area contributed by atoms with Crippen LogP contribution in [0.15, 0.2) is 29.3 Å². The van der Waals surface area contributed by atoms with Gasteiger partial charge in [-0.3, -0.25) is 10.1 Å². The van der Waals surface area contributed by atoms with Crippen molar-refractivity contribution in [1.82, 2.24) is 20.6 Å². The maximum absolute atomic E-state index is 11.9. The van der Waals surface area contributed by atoms with Gasteiger partial charge in [-0.25, -0.2) is 14.8 Å². The van der Waals surface area contributed by atoms with Crippen LogP contribution in [0.25, 0.3) is 10.9 Å². The number of aromatic nitrogens is 2. The van der Waals surface area contributed by atoms with Crippen LogP contribution in [-0.4, -0.2) is 33.7 Å². The molecule has 6 nitrogen and oxygen atoms in total. The van der Waals surface area contributed by atoms with E-state index in [0.717, 1.165) is 22.3 Å². The van der Waals surface area contributed by atoms with Crippen LogP contribution in [0.2, 0.25) is 0 Å². The largest absolute Gasteiger partial charge is 0.335 e. The van der Waals surface area contributed by atoms with Crippen molar-refractivity contribution in [2.24, 2.45) is 0 Å². The van der Waals surface area contributed by atoms with Gasteiger partial charge in [0, 0.05) is 11.4 Å². The van der Waals surface area contributed by atoms with Crippen molar-refractivity contribution in [2.45, 2.75) is 38.3 Å². The molecule has 0 aliphatic rings. The highest BCUT2D eigenvalue weighted by atomic mass is 32.2. The Morgan fingerprint density at radius 3 is 2.74 bits per heavy atom. The first-order valence-electron chi connectivity index (χ1n) is 7.46. The van der Waals surface area contributed by atoms with Crippen LogP contribution in [0.4, 0.5) is 4.79 Å². The zero-order chi connectivity index (χ0) is 16.8. The van der Waals surface area contributed by atoms with Gasteiger partial charge in [0.05, 0.1) is 11.3 Å². The average molecular weight is 332 g/mol. The summed E-state index contributed by atoms with van der Waals surface area (Å²) < 4.78 is 0. The normalized spacial score (nSPS) is 12.0. The minimum absolute atomic E-state index is 0.0314. The number of urea groups is 1. The third-order valence-corrected chi connectivity index (χ3v) is 4.25. The predicted octanol–water partition coefficient (Wildman–Crippen LogP) is 2.65. The first-order chi connectivity index (χ1) is 11.0. The van der Waals surface area contributed by atoms with E-state index in [1.807, 2.05) is 45.0 Å². The highest BCUT2D eigenvalue weighted by molar-refractivity contribution is 8.00. The van der Waals surface area contributed by atoms with Crippen LogP contribution in [-0.2, 0) is 4.79 Å². The number of amides is 3. The van der Waals surface area contributed by atoms with Crippen molar-refractivity contribution in [3.8, 4) is 0 Å². The molecule has 0 fully saturated rings. The predicted molar refractivity (Wildman–Crippen MR) is 91.4 cm³/mol. The summed E-state index contributed by atoms with van der Waals surface area (Å²) in [6.45, 7) is 5.66. The van der Waals surface area contributed by atoms with Crippen molar-refractivity contribution in [3.05, 3.63) is 30.1 Å². The standard InChI is InChI=1S/C16H20N4O2S/c1-4-10(2)17-16(22)20-14(21)9-23-15-12-7-5-6-8-13(12)18-11(3)19-15/h5-8,10H,4,9H2,1-3H3,(H2,17,20,21,22)/t10-/m0/s1. The molecule has 2 aromatic rings. The van der Waals surface area contributed by atoms with Crippen LogP contribution in [0.3, 0.4) is 0 Å². The molecule has 1 aromatic heterocycles. The molecule has 0 bridgehead atoms. The highest BCUT2D eigenvalue weighted by Crippen LogP contribution is 2.24. The lowest BCUT2D eigenvalue weighted by Gasteiger charge is -2.11. The lowest BCUT2D eigenvalue weighted by atomic mass is 10.2. The van der Waals surface area contributed by atoms with Crippen LogP contribution < -0.4 is 10.6 Å². The monoisotopic (exact) mass is 332 g/mol. The SMILES string of the molecule is CC[C@H](C)NC(=O)NC(=O)CSc1nc(C)nc2ccccc12. The summed E-state index contributed by atoms with van der Waals surface area (Å²) in [5, 5.41) is 6.66. The summed E-state index contributed by atoms with van der Waals surface area (Å²) in [5.74, 6) is 0.422. The molecule has 0 aliphatic heterocycles. The molecule has 3 amide bonds. The summed E-state index contributed by atoms with van der Waals surface area (Å²) in [4.78, 5) is 32.3. The molecule has 0 saturated heterocycles. The van der Waals surface area contributed by atoms with Gasteiger partial charge in [-0.1, -0.05) is 36.9 Å². The van der Waals surface area contributed by atoms with E-state index in [2.05, 4.69) is 20.6 Å². The molecule has 1 atom stereocenters. The molecular formula is C16H20N4O2S. The number of para-hydroxylation sites is 1. The van der Waals surface area contributed by atoms with Crippen molar-refractivity contribution in [1.29, 1.82) is 0 Å². The lowest BCUT2D eigenvalue weighted by Crippen LogP contribution is -2.43. The van der Waals surface area contributed by atoms with Gasteiger partial charge in [0.25, 0.3) is 0 Å². The minimum atomic E-state index is -0.464. The maximum atomic E-state index is 11.9. The van der Waals surface area contributed by atoms with Crippen LogP contribution in [0.5, 0.6) is 0 Å². The molecule has 23 heavy (non-hydrogen) atoms. The second kappa shape index (κ2) is 7.92. The molecule has 0 radical (unpaired) electrons. The Bertz CT molecular complexity index is 720. The van der Waals surface area contributed by atoms with Gasteiger partial charge in [0.2, 0.25) is 5.91 Å². The summed E-state index contributed by atoms with van der Waals surface area (Å²) in [5.41, 5.74) is 0.845. The number of rotatable bonds is 5. The smallest absolute Gasteiger partial charge is 0.321 e. The topological polar surface area (TPSA) is 84.0 Å². The summed E-state index contributed by atoms with van der Waals surface area (Å²) >= 11 is 1.30. The van der Waals surface area contributed by atoms with Crippen LogP contribution >= 0.6 is 11.8 Å². The van der Waals surface area contributed by atoms with Gasteiger partial charge in [-0.15, -0.1) is 0 Å². The Balaban J connectivity index is 1.98. The Kier molecular flexibility index (Phi) is 5.92. The first kappa shape index (κ1) is 17.2. The fraction of sp³-hybridized carbons (Fsp3) is 0.375. The van der Waals surface area contributed by atoms with Gasteiger partial charge >= 0.3 is 6.03 Å². The lowest BCUT2D eigenvalue weighted by molar-refractivity contribution is -0.117.